The smallest absolute Gasteiger partial charge is 0.242 e. The van der Waals surface area contributed by atoms with Crippen molar-refractivity contribution in [2.24, 2.45) is 5.92 Å². The molecule has 0 radical (unpaired) electrons. The highest BCUT2D eigenvalue weighted by Crippen LogP contribution is 2.34. The molecule has 2 atom stereocenters. The third-order valence-electron chi connectivity index (χ3n) is 3.39. The molecule has 1 aromatic carbocycles. The van der Waals surface area contributed by atoms with E-state index in [1.54, 1.807) is 24.3 Å². The van der Waals surface area contributed by atoms with Gasteiger partial charge in [0, 0.05) is 18.0 Å². The van der Waals surface area contributed by atoms with Gasteiger partial charge < -0.3 is 5.11 Å². The Balaban J connectivity index is 2.21. The van der Waals surface area contributed by atoms with Crippen LogP contribution in [0.4, 0.5) is 0 Å². The molecule has 1 aliphatic rings. The second kappa shape index (κ2) is 6.40. The van der Waals surface area contributed by atoms with Gasteiger partial charge in [-0.2, -0.15) is 0 Å². The van der Waals surface area contributed by atoms with Crippen LogP contribution in [-0.4, -0.2) is 26.2 Å². The Bertz CT molecular complexity index is 628. The number of benzene rings is 1. The van der Waals surface area contributed by atoms with E-state index in [2.05, 4.69) is 23.5 Å². The van der Waals surface area contributed by atoms with Crippen LogP contribution in [0.2, 0.25) is 0 Å². The standard InChI is InChI=1S/C15H19NO3S/c1-2-12-11-14(12)16-20(18,19)15-9-4-3-7-13(15)8-5-6-10-17/h3-4,7,9,12,14,16-17H,2,6,10-11H2,1H3. The van der Waals surface area contributed by atoms with Crippen molar-refractivity contribution in [2.45, 2.75) is 37.1 Å². The molecule has 5 heteroatoms. The monoisotopic (exact) mass is 293 g/mol. The maximum atomic E-state index is 12.4. The summed E-state index contributed by atoms with van der Waals surface area (Å²) in [6.07, 6.45) is 2.24. The Hall–Kier alpha value is -1.35. The van der Waals surface area contributed by atoms with E-state index in [1.807, 2.05) is 0 Å². The Morgan fingerprint density at radius 1 is 1.40 bits per heavy atom. The van der Waals surface area contributed by atoms with Gasteiger partial charge in [0.05, 0.1) is 11.5 Å². The highest BCUT2D eigenvalue weighted by molar-refractivity contribution is 7.89. The van der Waals surface area contributed by atoms with Gasteiger partial charge in [-0.15, -0.1) is 0 Å². The van der Waals surface area contributed by atoms with Crippen LogP contribution in [0.25, 0.3) is 0 Å². The maximum absolute atomic E-state index is 12.4. The van der Waals surface area contributed by atoms with Crippen LogP contribution in [0.3, 0.4) is 0 Å². The molecule has 0 amide bonds. The SMILES string of the molecule is CCC1CC1NS(=O)(=O)c1ccccc1C#CCCO. The summed E-state index contributed by atoms with van der Waals surface area (Å²) in [6.45, 7) is 2.04. The van der Waals surface area contributed by atoms with Gasteiger partial charge >= 0.3 is 0 Å². The minimum absolute atomic E-state index is 0.0274. The van der Waals surface area contributed by atoms with Crippen LogP contribution >= 0.6 is 0 Å². The zero-order chi connectivity index (χ0) is 14.6. The van der Waals surface area contributed by atoms with Gasteiger partial charge in [-0.1, -0.05) is 37.3 Å². The molecule has 0 aliphatic heterocycles. The van der Waals surface area contributed by atoms with Crippen LogP contribution in [-0.2, 0) is 10.0 Å². The molecule has 0 spiro atoms. The van der Waals surface area contributed by atoms with Crippen molar-refractivity contribution in [1.82, 2.24) is 4.72 Å². The fourth-order valence-corrected chi connectivity index (χ4v) is 3.60. The van der Waals surface area contributed by atoms with Crippen molar-refractivity contribution in [2.75, 3.05) is 6.61 Å². The molecule has 2 N–H and O–H groups in total. The minimum Gasteiger partial charge on any atom is -0.395 e. The van der Waals surface area contributed by atoms with Crippen LogP contribution in [0.5, 0.6) is 0 Å². The average molecular weight is 293 g/mol. The average Bonchev–Trinajstić information content (AvgIpc) is 3.17. The van der Waals surface area contributed by atoms with Crippen LogP contribution in [0, 0.1) is 17.8 Å². The number of hydrogen-bond acceptors (Lipinski definition) is 3. The molecule has 0 heterocycles. The van der Waals surface area contributed by atoms with Gasteiger partial charge in [0.2, 0.25) is 10.0 Å². The first-order valence-electron chi connectivity index (χ1n) is 6.79. The van der Waals surface area contributed by atoms with Gasteiger partial charge in [-0.25, -0.2) is 13.1 Å². The molecule has 2 rings (SSSR count). The first kappa shape index (κ1) is 15.0. The third-order valence-corrected chi connectivity index (χ3v) is 4.94. The van der Waals surface area contributed by atoms with Gasteiger partial charge in [-0.05, 0) is 24.5 Å². The topological polar surface area (TPSA) is 66.4 Å². The lowest BCUT2D eigenvalue weighted by Crippen LogP contribution is -2.27. The van der Waals surface area contributed by atoms with E-state index in [0.29, 0.717) is 17.9 Å². The largest absolute Gasteiger partial charge is 0.395 e. The summed E-state index contributed by atoms with van der Waals surface area (Å²) in [5.74, 6) is 6.03. The summed E-state index contributed by atoms with van der Waals surface area (Å²) in [4.78, 5) is 0.215. The molecular weight excluding hydrogens is 274 g/mol. The third kappa shape index (κ3) is 3.60. The second-order valence-corrected chi connectivity index (χ2v) is 6.59. The normalized spacial score (nSPS) is 21.1. The summed E-state index contributed by atoms with van der Waals surface area (Å²) in [5, 5.41) is 8.72. The molecule has 20 heavy (non-hydrogen) atoms. The van der Waals surface area contributed by atoms with Gasteiger partial charge in [0.25, 0.3) is 0 Å². The molecule has 1 saturated carbocycles. The molecule has 0 saturated heterocycles. The summed E-state index contributed by atoms with van der Waals surface area (Å²) in [7, 11) is -3.52. The van der Waals surface area contributed by atoms with Crippen molar-refractivity contribution in [3.8, 4) is 11.8 Å². The van der Waals surface area contributed by atoms with E-state index in [9.17, 15) is 8.42 Å². The number of hydrogen-bond donors (Lipinski definition) is 2. The van der Waals surface area contributed by atoms with Gasteiger partial charge in [0.15, 0.2) is 0 Å². The Labute approximate surface area is 120 Å². The quantitative estimate of drug-likeness (QED) is 0.809. The summed E-state index contributed by atoms with van der Waals surface area (Å²) >= 11 is 0. The molecule has 1 aliphatic carbocycles. The Morgan fingerprint density at radius 2 is 2.15 bits per heavy atom. The lowest BCUT2D eigenvalue weighted by Gasteiger charge is -2.08. The molecule has 2 unspecified atom stereocenters. The molecule has 1 aromatic rings. The van der Waals surface area contributed by atoms with Crippen molar-refractivity contribution >= 4 is 10.0 Å². The summed E-state index contributed by atoms with van der Waals surface area (Å²) in [5.41, 5.74) is 0.474. The van der Waals surface area contributed by atoms with Crippen LogP contribution in [0.15, 0.2) is 29.2 Å². The van der Waals surface area contributed by atoms with Crippen LogP contribution < -0.4 is 4.72 Å². The van der Waals surface area contributed by atoms with Crippen molar-refractivity contribution in [3.63, 3.8) is 0 Å². The molecule has 108 valence electrons. The van der Waals surface area contributed by atoms with E-state index in [-0.39, 0.29) is 17.5 Å². The molecule has 0 aromatic heterocycles. The van der Waals surface area contributed by atoms with E-state index < -0.39 is 10.0 Å². The number of aliphatic hydroxyl groups is 1. The fourth-order valence-electron chi connectivity index (χ4n) is 2.12. The van der Waals surface area contributed by atoms with Gasteiger partial charge in [-0.3, -0.25) is 0 Å². The molecular formula is C15H19NO3S. The van der Waals surface area contributed by atoms with E-state index in [4.69, 9.17) is 5.11 Å². The van der Waals surface area contributed by atoms with E-state index in [1.165, 1.54) is 0 Å². The predicted octanol–water partition coefficient (Wildman–Crippen LogP) is 1.50. The number of rotatable bonds is 5. The Morgan fingerprint density at radius 3 is 2.80 bits per heavy atom. The first-order valence-corrected chi connectivity index (χ1v) is 8.28. The zero-order valence-corrected chi connectivity index (χ0v) is 12.3. The van der Waals surface area contributed by atoms with Crippen molar-refractivity contribution < 1.29 is 13.5 Å². The van der Waals surface area contributed by atoms with Crippen molar-refractivity contribution in [1.29, 1.82) is 0 Å². The fraction of sp³-hybridized carbons (Fsp3) is 0.467. The number of aliphatic hydroxyl groups excluding tert-OH is 1. The summed E-state index contributed by atoms with van der Waals surface area (Å²) < 4.78 is 27.5. The highest BCUT2D eigenvalue weighted by Gasteiger charge is 2.38. The zero-order valence-electron chi connectivity index (χ0n) is 11.5. The Kier molecular flexibility index (Phi) is 4.81. The lowest BCUT2D eigenvalue weighted by molar-refractivity contribution is 0.305. The minimum atomic E-state index is -3.52. The second-order valence-electron chi connectivity index (χ2n) is 4.90. The number of nitrogens with one attached hydrogen (secondary N) is 1. The predicted molar refractivity (Wildman–Crippen MR) is 77.5 cm³/mol. The highest BCUT2D eigenvalue weighted by atomic mass is 32.2. The van der Waals surface area contributed by atoms with Crippen molar-refractivity contribution in [3.05, 3.63) is 29.8 Å². The van der Waals surface area contributed by atoms with Crippen LogP contribution in [0.1, 0.15) is 31.7 Å². The lowest BCUT2D eigenvalue weighted by atomic mass is 10.2. The van der Waals surface area contributed by atoms with Gasteiger partial charge in [0.1, 0.15) is 0 Å². The summed E-state index contributed by atoms with van der Waals surface area (Å²) in [6, 6.07) is 6.75. The molecule has 4 nitrogen and oxygen atoms in total. The first-order chi connectivity index (χ1) is 9.58. The number of sulfonamides is 1. The maximum Gasteiger partial charge on any atom is 0.242 e. The molecule has 1 fully saturated rings. The molecule has 0 bridgehead atoms. The van der Waals surface area contributed by atoms with E-state index in [0.717, 1.165) is 12.8 Å². The van der Waals surface area contributed by atoms with E-state index >= 15 is 0 Å².